The van der Waals surface area contributed by atoms with Gasteiger partial charge in [0.05, 0.1) is 26.4 Å². The predicted molar refractivity (Wildman–Crippen MR) is 65.3 cm³/mol. The number of hydrogen-bond acceptors (Lipinski definition) is 6. The van der Waals surface area contributed by atoms with Crippen LogP contribution in [-0.4, -0.2) is 86.1 Å². The van der Waals surface area contributed by atoms with Crippen LogP contribution in [0.5, 0.6) is 0 Å². The van der Waals surface area contributed by atoms with E-state index < -0.39 is 6.10 Å². The Morgan fingerprint density at radius 2 is 2.11 bits per heavy atom. The van der Waals surface area contributed by atoms with Crippen molar-refractivity contribution in [2.45, 2.75) is 18.6 Å². The fraction of sp³-hybridized carbons (Fsp3) is 0.917. The molecule has 2 saturated heterocycles. The van der Waals surface area contributed by atoms with E-state index in [0.717, 1.165) is 39.4 Å². The van der Waals surface area contributed by atoms with Gasteiger partial charge >= 0.3 is 5.97 Å². The van der Waals surface area contributed by atoms with E-state index in [9.17, 15) is 9.90 Å². The number of esters is 1. The van der Waals surface area contributed by atoms with Gasteiger partial charge in [0, 0.05) is 39.1 Å². The smallest absolute Gasteiger partial charge is 0.323 e. The Hall–Kier alpha value is -0.690. The molecular formula is C12H22N2O4. The molecule has 0 aromatic rings. The van der Waals surface area contributed by atoms with Crippen LogP contribution in [0.4, 0.5) is 0 Å². The van der Waals surface area contributed by atoms with Crippen molar-refractivity contribution in [3.63, 3.8) is 0 Å². The van der Waals surface area contributed by atoms with Gasteiger partial charge in [0.1, 0.15) is 6.04 Å². The summed E-state index contributed by atoms with van der Waals surface area (Å²) in [5.41, 5.74) is 0. The maximum atomic E-state index is 11.6. The summed E-state index contributed by atoms with van der Waals surface area (Å²) < 4.78 is 10.1. The van der Waals surface area contributed by atoms with Crippen LogP contribution in [-0.2, 0) is 14.3 Å². The molecule has 6 heteroatoms. The molecule has 2 atom stereocenters. The van der Waals surface area contributed by atoms with E-state index in [1.165, 1.54) is 7.11 Å². The topological polar surface area (TPSA) is 62.2 Å². The summed E-state index contributed by atoms with van der Waals surface area (Å²) in [4.78, 5) is 16.0. The highest BCUT2D eigenvalue weighted by atomic mass is 16.5. The molecule has 2 unspecified atom stereocenters. The molecule has 6 nitrogen and oxygen atoms in total. The van der Waals surface area contributed by atoms with E-state index in [2.05, 4.69) is 4.90 Å². The highest BCUT2D eigenvalue weighted by Gasteiger charge is 2.36. The van der Waals surface area contributed by atoms with Gasteiger partial charge in [-0.2, -0.15) is 0 Å². The third kappa shape index (κ3) is 3.41. The minimum Gasteiger partial charge on any atom is -0.468 e. The average Bonchev–Trinajstić information content (AvgIpc) is 2.78. The number of carbonyl (C=O) groups is 1. The van der Waals surface area contributed by atoms with E-state index in [1.807, 2.05) is 4.90 Å². The van der Waals surface area contributed by atoms with E-state index in [4.69, 9.17) is 9.47 Å². The van der Waals surface area contributed by atoms with Crippen molar-refractivity contribution in [3.8, 4) is 0 Å². The molecule has 0 saturated carbocycles. The molecule has 2 fully saturated rings. The SMILES string of the molecule is COC(=O)C1CC(O)CN1CCN1CCOCC1. The number of nitrogens with zero attached hydrogens (tertiary/aromatic N) is 2. The molecule has 18 heavy (non-hydrogen) atoms. The first-order valence-electron chi connectivity index (χ1n) is 6.50. The predicted octanol–water partition coefficient (Wildman–Crippen LogP) is -1.07. The quantitative estimate of drug-likeness (QED) is 0.648. The van der Waals surface area contributed by atoms with Gasteiger partial charge in [0.15, 0.2) is 0 Å². The first kappa shape index (κ1) is 13.7. The van der Waals surface area contributed by atoms with Crippen LogP contribution in [0.15, 0.2) is 0 Å². The molecule has 0 aromatic heterocycles. The Bertz CT molecular complexity index is 281. The van der Waals surface area contributed by atoms with Crippen molar-refractivity contribution in [1.29, 1.82) is 0 Å². The maximum Gasteiger partial charge on any atom is 0.323 e. The summed E-state index contributed by atoms with van der Waals surface area (Å²) in [5.74, 6) is -0.242. The van der Waals surface area contributed by atoms with Crippen LogP contribution in [0, 0.1) is 0 Å². The van der Waals surface area contributed by atoms with Crippen LogP contribution in [0.1, 0.15) is 6.42 Å². The Kier molecular flexibility index (Phi) is 4.94. The highest BCUT2D eigenvalue weighted by Crippen LogP contribution is 2.18. The molecule has 2 rings (SSSR count). The summed E-state index contributed by atoms with van der Waals surface area (Å²) in [7, 11) is 1.40. The molecule has 0 radical (unpaired) electrons. The van der Waals surface area contributed by atoms with Gasteiger partial charge in [0.25, 0.3) is 0 Å². The van der Waals surface area contributed by atoms with Gasteiger partial charge < -0.3 is 14.6 Å². The monoisotopic (exact) mass is 258 g/mol. The van der Waals surface area contributed by atoms with Crippen LogP contribution < -0.4 is 0 Å². The normalized spacial score (nSPS) is 30.6. The summed E-state index contributed by atoms with van der Waals surface area (Å²) in [5, 5.41) is 9.67. The number of methoxy groups -OCH3 is 1. The van der Waals surface area contributed by atoms with Gasteiger partial charge in [-0.1, -0.05) is 0 Å². The van der Waals surface area contributed by atoms with Gasteiger partial charge in [-0.05, 0) is 0 Å². The zero-order valence-electron chi connectivity index (χ0n) is 10.9. The summed E-state index contributed by atoms with van der Waals surface area (Å²) in [6.07, 6.45) is 0.0641. The fourth-order valence-electron chi connectivity index (χ4n) is 2.60. The number of morpholine rings is 1. The van der Waals surface area contributed by atoms with Gasteiger partial charge in [-0.3, -0.25) is 14.6 Å². The molecule has 1 N–H and O–H groups in total. The first-order chi connectivity index (χ1) is 8.70. The summed E-state index contributed by atoms with van der Waals surface area (Å²) in [6.45, 7) is 5.70. The molecular weight excluding hydrogens is 236 g/mol. The van der Waals surface area contributed by atoms with Crippen LogP contribution >= 0.6 is 0 Å². The average molecular weight is 258 g/mol. The second kappa shape index (κ2) is 6.47. The molecule has 0 aliphatic carbocycles. The van der Waals surface area contributed by atoms with Gasteiger partial charge in [-0.25, -0.2) is 0 Å². The number of likely N-dealkylation sites (tertiary alicyclic amines) is 1. The Balaban J connectivity index is 1.80. The van der Waals surface area contributed by atoms with Gasteiger partial charge in [-0.15, -0.1) is 0 Å². The standard InChI is InChI=1S/C12H22N2O4/c1-17-12(16)11-8-10(15)9-14(11)3-2-13-4-6-18-7-5-13/h10-11,15H,2-9H2,1H3. The van der Waals surface area contributed by atoms with Crippen molar-refractivity contribution in [2.24, 2.45) is 0 Å². The number of aliphatic hydroxyl groups is 1. The van der Waals surface area contributed by atoms with Crippen molar-refractivity contribution in [3.05, 3.63) is 0 Å². The fourth-order valence-corrected chi connectivity index (χ4v) is 2.60. The molecule has 0 bridgehead atoms. The number of ether oxygens (including phenoxy) is 2. The van der Waals surface area contributed by atoms with Crippen LogP contribution in [0.3, 0.4) is 0 Å². The van der Waals surface area contributed by atoms with Crippen LogP contribution in [0.2, 0.25) is 0 Å². The van der Waals surface area contributed by atoms with E-state index >= 15 is 0 Å². The number of rotatable bonds is 4. The second-order valence-electron chi connectivity index (χ2n) is 4.88. The highest BCUT2D eigenvalue weighted by molar-refractivity contribution is 5.76. The van der Waals surface area contributed by atoms with E-state index in [-0.39, 0.29) is 12.0 Å². The molecule has 2 aliphatic rings. The minimum atomic E-state index is -0.418. The molecule has 0 amide bonds. The molecule has 2 heterocycles. The third-order valence-corrected chi connectivity index (χ3v) is 3.66. The van der Waals surface area contributed by atoms with Crippen molar-refractivity contribution >= 4 is 5.97 Å². The number of hydrogen-bond donors (Lipinski definition) is 1. The lowest BCUT2D eigenvalue weighted by Gasteiger charge is -2.29. The number of β-amino-alcohol motifs (C(OH)–C–C–N with tert-alkyl or cyclic N) is 1. The maximum absolute atomic E-state index is 11.6. The molecule has 2 aliphatic heterocycles. The van der Waals surface area contributed by atoms with Crippen molar-refractivity contribution in [2.75, 3.05) is 53.0 Å². The number of carbonyl (C=O) groups excluding carboxylic acids is 1. The second-order valence-corrected chi connectivity index (χ2v) is 4.88. The van der Waals surface area contributed by atoms with Crippen LogP contribution in [0.25, 0.3) is 0 Å². The summed E-state index contributed by atoms with van der Waals surface area (Å²) in [6, 6.07) is -0.286. The minimum absolute atomic E-state index is 0.242. The third-order valence-electron chi connectivity index (χ3n) is 3.66. The van der Waals surface area contributed by atoms with Gasteiger partial charge in [0.2, 0.25) is 0 Å². The van der Waals surface area contributed by atoms with E-state index in [1.54, 1.807) is 0 Å². The largest absolute Gasteiger partial charge is 0.468 e. The summed E-state index contributed by atoms with van der Waals surface area (Å²) >= 11 is 0. The molecule has 0 spiro atoms. The number of aliphatic hydroxyl groups excluding tert-OH is 1. The Labute approximate surface area is 107 Å². The lowest BCUT2D eigenvalue weighted by molar-refractivity contribution is -0.146. The Morgan fingerprint density at radius 3 is 2.78 bits per heavy atom. The zero-order valence-corrected chi connectivity index (χ0v) is 10.9. The zero-order chi connectivity index (χ0) is 13.0. The van der Waals surface area contributed by atoms with Crippen molar-refractivity contribution < 1.29 is 19.4 Å². The van der Waals surface area contributed by atoms with Crippen molar-refractivity contribution in [1.82, 2.24) is 9.80 Å². The van der Waals surface area contributed by atoms with E-state index in [0.29, 0.717) is 13.0 Å². The Morgan fingerprint density at radius 1 is 1.39 bits per heavy atom. The molecule has 0 aromatic carbocycles. The lowest BCUT2D eigenvalue weighted by Crippen LogP contribution is -2.44. The lowest BCUT2D eigenvalue weighted by atomic mass is 10.2. The first-order valence-corrected chi connectivity index (χ1v) is 6.50. The molecule has 104 valence electrons.